The Hall–Kier alpha value is -0.810. The molecule has 12 heteroatoms. The quantitative estimate of drug-likeness (QED) is 0.626. The van der Waals surface area contributed by atoms with Crippen LogP contribution in [0, 0.1) is 0 Å². The zero-order valence-corrected chi connectivity index (χ0v) is 9.97. The Labute approximate surface area is 111 Å². The van der Waals surface area contributed by atoms with Crippen LogP contribution in [-0.2, 0) is 4.74 Å². The number of hydrogen-bond donors (Lipinski definition) is 0. The summed E-state index contributed by atoms with van der Waals surface area (Å²) in [5.41, 5.74) is 0. The van der Waals surface area contributed by atoms with Gasteiger partial charge in [-0.25, -0.2) is 0 Å². The average molecular weight is 342 g/mol. The van der Waals surface area contributed by atoms with E-state index in [9.17, 15) is 48.3 Å². The second-order valence-corrected chi connectivity index (χ2v) is 4.11. The lowest BCUT2D eigenvalue weighted by Gasteiger charge is -2.24. The van der Waals surface area contributed by atoms with Crippen LogP contribution in [0.2, 0.25) is 0 Å². The molecule has 0 heterocycles. The molecule has 0 spiro atoms. The average Bonchev–Trinajstić information content (AvgIpc) is 2.17. The molecule has 0 aromatic carbocycles. The summed E-state index contributed by atoms with van der Waals surface area (Å²) in [6.07, 6.45) is -23.7. The third-order valence-electron chi connectivity index (χ3n) is 2.12. The van der Waals surface area contributed by atoms with Crippen molar-refractivity contribution >= 4 is 0 Å². The van der Waals surface area contributed by atoms with E-state index in [-0.39, 0.29) is 0 Å². The molecule has 0 bridgehead atoms. The first-order valence-electron chi connectivity index (χ1n) is 5.23. The molecule has 0 radical (unpaired) electrons. The molecular formula is C9H9F11O. The van der Waals surface area contributed by atoms with Crippen molar-refractivity contribution < 1.29 is 53.0 Å². The van der Waals surface area contributed by atoms with Crippen LogP contribution in [0.5, 0.6) is 0 Å². The van der Waals surface area contributed by atoms with E-state index in [1.54, 1.807) is 0 Å². The van der Waals surface area contributed by atoms with Crippen LogP contribution in [0.15, 0.2) is 0 Å². The van der Waals surface area contributed by atoms with Gasteiger partial charge in [0.05, 0.1) is 12.5 Å². The summed E-state index contributed by atoms with van der Waals surface area (Å²) < 4.78 is 135. The molecule has 0 aromatic heterocycles. The Balaban J connectivity index is 4.69. The predicted octanol–water partition coefficient (Wildman–Crippen LogP) is 4.86. The number of ether oxygens (including phenoxy) is 1. The summed E-state index contributed by atoms with van der Waals surface area (Å²) in [6, 6.07) is 0. The summed E-state index contributed by atoms with van der Waals surface area (Å²) in [5.74, 6) is -5.45. The van der Waals surface area contributed by atoms with E-state index in [1.165, 1.54) is 0 Å². The van der Waals surface area contributed by atoms with Crippen LogP contribution in [0.4, 0.5) is 48.3 Å². The molecule has 0 aliphatic heterocycles. The summed E-state index contributed by atoms with van der Waals surface area (Å²) in [7, 11) is 0. The Bertz CT molecular complexity index is 313. The van der Waals surface area contributed by atoms with Gasteiger partial charge in [0.25, 0.3) is 0 Å². The van der Waals surface area contributed by atoms with Gasteiger partial charge in [-0.2, -0.15) is 48.3 Å². The highest BCUT2D eigenvalue weighted by Gasteiger charge is 2.58. The maximum Gasteiger partial charge on any atom is 0.455 e. The fourth-order valence-corrected chi connectivity index (χ4v) is 1.13. The molecule has 1 nitrogen and oxygen atoms in total. The first-order chi connectivity index (χ1) is 9.04. The van der Waals surface area contributed by atoms with Gasteiger partial charge in [-0.15, -0.1) is 0 Å². The zero-order valence-electron chi connectivity index (χ0n) is 9.97. The van der Waals surface area contributed by atoms with Gasteiger partial charge in [0.1, 0.15) is 6.61 Å². The van der Waals surface area contributed by atoms with Crippen molar-refractivity contribution in [3.8, 4) is 0 Å². The van der Waals surface area contributed by atoms with Crippen LogP contribution in [-0.4, -0.2) is 37.2 Å². The molecule has 0 rings (SSSR count). The van der Waals surface area contributed by atoms with Crippen molar-refractivity contribution in [2.45, 2.75) is 49.8 Å². The summed E-state index contributed by atoms with van der Waals surface area (Å²) in [5, 5.41) is 0. The van der Waals surface area contributed by atoms with Crippen molar-refractivity contribution in [2.24, 2.45) is 0 Å². The Morgan fingerprint density at radius 3 is 1.52 bits per heavy atom. The first-order valence-corrected chi connectivity index (χ1v) is 5.23. The summed E-state index contributed by atoms with van der Waals surface area (Å²) in [6.45, 7) is -2.48. The van der Waals surface area contributed by atoms with E-state index in [2.05, 4.69) is 4.74 Å². The minimum Gasteiger partial charge on any atom is -0.371 e. The number of alkyl halides is 11. The van der Waals surface area contributed by atoms with Crippen LogP contribution in [0.1, 0.15) is 19.3 Å². The lowest BCUT2D eigenvalue weighted by molar-refractivity contribution is -0.302. The highest BCUT2D eigenvalue weighted by molar-refractivity contribution is 4.77. The standard InChI is InChI=1S/C9H9F11O/c10-6(11,9(18,19)20)4-21-5(3-8(15,16)17)1-2-7(12,13)14/h5H,1-4H2. The first kappa shape index (κ1) is 20.2. The normalized spacial score (nSPS) is 16.1. The van der Waals surface area contributed by atoms with Crippen molar-refractivity contribution in [1.82, 2.24) is 0 Å². The lowest BCUT2D eigenvalue weighted by Crippen LogP contribution is -2.42. The highest BCUT2D eigenvalue weighted by Crippen LogP contribution is 2.37. The lowest BCUT2D eigenvalue weighted by atomic mass is 10.1. The van der Waals surface area contributed by atoms with Crippen molar-refractivity contribution in [3.63, 3.8) is 0 Å². The fourth-order valence-electron chi connectivity index (χ4n) is 1.13. The molecule has 0 saturated heterocycles. The van der Waals surface area contributed by atoms with E-state index in [1.807, 2.05) is 0 Å². The van der Waals surface area contributed by atoms with Crippen LogP contribution < -0.4 is 0 Å². The van der Waals surface area contributed by atoms with Crippen molar-refractivity contribution in [1.29, 1.82) is 0 Å². The van der Waals surface area contributed by atoms with Gasteiger partial charge in [0.2, 0.25) is 0 Å². The van der Waals surface area contributed by atoms with Gasteiger partial charge in [0.15, 0.2) is 0 Å². The van der Waals surface area contributed by atoms with E-state index in [0.29, 0.717) is 0 Å². The third-order valence-corrected chi connectivity index (χ3v) is 2.12. The maximum absolute atomic E-state index is 12.4. The molecule has 0 aliphatic carbocycles. The van der Waals surface area contributed by atoms with E-state index >= 15 is 0 Å². The largest absolute Gasteiger partial charge is 0.455 e. The molecule has 0 saturated carbocycles. The van der Waals surface area contributed by atoms with E-state index in [0.717, 1.165) is 0 Å². The fraction of sp³-hybridized carbons (Fsp3) is 1.00. The van der Waals surface area contributed by atoms with Gasteiger partial charge < -0.3 is 4.74 Å². The van der Waals surface area contributed by atoms with E-state index < -0.39 is 56.4 Å². The molecule has 0 N–H and O–H groups in total. The van der Waals surface area contributed by atoms with Gasteiger partial charge >= 0.3 is 24.5 Å². The van der Waals surface area contributed by atoms with Gasteiger partial charge in [-0.3, -0.25) is 0 Å². The third kappa shape index (κ3) is 8.94. The second-order valence-electron chi connectivity index (χ2n) is 4.11. The van der Waals surface area contributed by atoms with Crippen molar-refractivity contribution in [2.75, 3.05) is 6.61 Å². The molecule has 0 aromatic rings. The molecule has 1 unspecified atom stereocenters. The molecule has 0 aliphatic rings. The predicted molar refractivity (Wildman–Crippen MR) is 46.7 cm³/mol. The van der Waals surface area contributed by atoms with Gasteiger partial charge in [-0.1, -0.05) is 0 Å². The number of rotatable bonds is 6. The molecule has 1 atom stereocenters. The zero-order chi connectivity index (χ0) is 17.1. The number of hydrogen-bond acceptors (Lipinski definition) is 1. The van der Waals surface area contributed by atoms with Gasteiger partial charge in [-0.05, 0) is 6.42 Å². The maximum atomic E-state index is 12.4. The Morgan fingerprint density at radius 1 is 0.714 bits per heavy atom. The van der Waals surface area contributed by atoms with Crippen LogP contribution in [0.3, 0.4) is 0 Å². The Morgan fingerprint density at radius 2 is 1.19 bits per heavy atom. The highest BCUT2D eigenvalue weighted by atomic mass is 19.4. The smallest absolute Gasteiger partial charge is 0.371 e. The summed E-state index contributed by atoms with van der Waals surface area (Å²) in [4.78, 5) is 0. The van der Waals surface area contributed by atoms with Crippen molar-refractivity contribution in [3.05, 3.63) is 0 Å². The molecule has 128 valence electrons. The second kappa shape index (κ2) is 6.53. The Kier molecular flexibility index (Phi) is 6.28. The molecule has 0 amide bonds. The number of halogens is 11. The molecular weight excluding hydrogens is 333 g/mol. The van der Waals surface area contributed by atoms with Crippen LogP contribution >= 0.6 is 0 Å². The topological polar surface area (TPSA) is 9.23 Å². The SMILES string of the molecule is FC(F)(F)CCC(CC(F)(F)F)OCC(F)(F)C(F)(F)F. The molecule has 0 fully saturated rings. The minimum atomic E-state index is -6.07. The van der Waals surface area contributed by atoms with Crippen LogP contribution in [0.25, 0.3) is 0 Å². The van der Waals surface area contributed by atoms with E-state index in [4.69, 9.17) is 0 Å². The van der Waals surface area contributed by atoms with Gasteiger partial charge in [0, 0.05) is 6.42 Å². The monoisotopic (exact) mass is 342 g/mol. The minimum absolute atomic E-state index is 1.38. The summed E-state index contributed by atoms with van der Waals surface area (Å²) >= 11 is 0. The molecule has 21 heavy (non-hydrogen) atoms.